The van der Waals surface area contributed by atoms with Crippen LogP contribution in [0, 0.1) is 5.82 Å². The molecule has 0 aliphatic rings. The summed E-state index contributed by atoms with van der Waals surface area (Å²) in [7, 11) is 1.37. The second-order valence-electron chi connectivity index (χ2n) is 5.70. The first-order valence-corrected chi connectivity index (χ1v) is 8.24. The molecule has 0 N–H and O–H groups in total. The molecule has 6 heteroatoms. The Kier molecular flexibility index (Phi) is 6.35. The van der Waals surface area contributed by atoms with Crippen molar-refractivity contribution in [2.75, 3.05) is 7.11 Å². The first-order chi connectivity index (χ1) is 11.6. The molecule has 1 aromatic carbocycles. The third-order valence-electron chi connectivity index (χ3n) is 3.97. The topological polar surface area (TPSA) is 53.2 Å². The number of unbranched alkanes of at least 4 members (excludes halogenated alkanes) is 4. The predicted octanol–water partition coefficient (Wildman–Crippen LogP) is 3.12. The summed E-state index contributed by atoms with van der Waals surface area (Å²) in [5.74, 6) is -0.491. The highest BCUT2D eigenvalue weighted by atomic mass is 19.1. The lowest BCUT2D eigenvalue weighted by atomic mass is 10.1. The number of nitrogens with zero attached hydrogens (tertiary/aromatic N) is 2. The van der Waals surface area contributed by atoms with Crippen molar-refractivity contribution < 1.29 is 9.13 Å². The van der Waals surface area contributed by atoms with Gasteiger partial charge in [-0.2, -0.15) is 0 Å². The maximum atomic E-state index is 13.8. The molecule has 0 saturated heterocycles. The van der Waals surface area contributed by atoms with Crippen LogP contribution in [0.2, 0.25) is 0 Å². The molecule has 1 heterocycles. The largest absolute Gasteiger partial charge is 0.494 e. The number of ether oxygens (including phenoxy) is 1. The normalized spacial score (nSPS) is 10.8. The lowest BCUT2D eigenvalue weighted by Gasteiger charge is -2.10. The predicted molar refractivity (Wildman–Crippen MR) is 91.6 cm³/mol. The van der Waals surface area contributed by atoms with Gasteiger partial charge in [0.05, 0.1) is 12.8 Å². The molecule has 0 unspecified atom stereocenters. The van der Waals surface area contributed by atoms with E-state index in [9.17, 15) is 14.0 Å². The Morgan fingerprint density at radius 1 is 1.04 bits per heavy atom. The zero-order valence-electron chi connectivity index (χ0n) is 14.1. The molecule has 130 valence electrons. The SMILES string of the molecule is CCCCCCCn1ccn(-c2ccc(OC)c(F)c2)c(=O)c1=O. The smallest absolute Gasteiger partial charge is 0.320 e. The van der Waals surface area contributed by atoms with Crippen molar-refractivity contribution in [3.05, 3.63) is 57.1 Å². The summed E-state index contributed by atoms with van der Waals surface area (Å²) >= 11 is 0. The third-order valence-corrected chi connectivity index (χ3v) is 3.97. The average molecular weight is 334 g/mol. The van der Waals surface area contributed by atoms with Crippen LogP contribution in [-0.2, 0) is 6.54 Å². The Hall–Kier alpha value is -2.37. The molecule has 0 spiro atoms. The van der Waals surface area contributed by atoms with Crippen molar-refractivity contribution in [3.8, 4) is 11.4 Å². The number of halogens is 1. The van der Waals surface area contributed by atoms with Gasteiger partial charge < -0.3 is 9.30 Å². The van der Waals surface area contributed by atoms with Crippen LogP contribution < -0.4 is 15.9 Å². The van der Waals surface area contributed by atoms with Crippen LogP contribution in [0.25, 0.3) is 5.69 Å². The van der Waals surface area contributed by atoms with Crippen molar-refractivity contribution >= 4 is 0 Å². The van der Waals surface area contributed by atoms with Gasteiger partial charge in [0, 0.05) is 25.0 Å². The van der Waals surface area contributed by atoms with Gasteiger partial charge in [-0.05, 0) is 18.6 Å². The molecule has 0 saturated carbocycles. The fraction of sp³-hybridized carbons (Fsp3) is 0.444. The standard InChI is InChI=1S/C18H23FN2O3/c1-3-4-5-6-7-10-20-11-12-21(18(23)17(20)22)14-8-9-16(24-2)15(19)13-14/h8-9,11-13H,3-7,10H2,1-2H3. The van der Waals surface area contributed by atoms with Gasteiger partial charge in [0.2, 0.25) is 0 Å². The highest BCUT2D eigenvalue weighted by Crippen LogP contribution is 2.19. The first-order valence-electron chi connectivity index (χ1n) is 8.24. The van der Waals surface area contributed by atoms with E-state index < -0.39 is 16.9 Å². The highest BCUT2D eigenvalue weighted by Gasteiger charge is 2.09. The maximum absolute atomic E-state index is 13.8. The molecule has 0 aliphatic heterocycles. The third kappa shape index (κ3) is 4.13. The quantitative estimate of drug-likeness (QED) is 0.550. The van der Waals surface area contributed by atoms with Crippen molar-refractivity contribution in [1.29, 1.82) is 0 Å². The van der Waals surface area contributed by atoms with Gasteiger partial charge in [-0.3, -0.25) is 14.2 Å². The number of aromatic nitrogens is 2. The fourth-order valence-electron chi connectivity index (χ4n) is 2.58. The summed E-state index contributed by atoms with van der Waals surface area (Å²) in [6.07, 6.45) is 8.44. The van der Waals surface area contributed by atoms with E-state index in [2.05, 4.69) is 6.92 Å². The molecule has 0 fully saturated rings. The Morgan fingerprint density at radius 2 is 1.79 bits per heavy atom. The van der Waals surface area contributed by atoms with Gasteiger partial charge in [-0.25, -0.2) is 4.39 Å². The Balaban J connectivity index is 2.19. The van der Waals surface area contributed by atoms with Gasteiger partial charge in [0.25, 0.3) is 0 Å². The van der Waals surface area contributed by atoms with Crippen molar-refractivity contribution in [1.82, 2.24) is 9.13 Å². The summed E-state index contributed by atoms with van der Waals surface area (Å²) in [4.78, 5) is 24.5. The Morgan fingerprint density at radius 3 is 2.46 bits per heavy atom. The molecule has 0 aliphatic carbocycles. The van der Waals surface area contributed by atoms with Crippen LogP contribution in [-0.4, -0.2) is 16.2 Å². The minimum absolute atomic E-state index is 0.0900. The molecular weight excluding hydrogens is 311 g/mol. The minimum Gasteiger partial charge on any atom is -0.494 e. The molecule has 2 aromatic rings. The second kappa shape index (κ2) is 8.47. The zero-order chi connectivity index (χ0) is 17.5. The van der Waals surface area contributed by atoms with Crippen LogP contribution in [0.3, 0.4) is 0 Å². The molecular formula is C18H23FN2O3. The van der Waals surface area contributed by atoms with Crippen LogP contribution in [0.5, 0.6) is 5.75 Å². The first kappa shape index (κ1) is 18.0. The van der Waals surface area contributed by atoms with Crippen molar-refractivity contribution in [3.63, 3.8) is 0 Å². The summed E-state index contributed by atoms with van der Waals surface area (Å²) < 4.78 is 21.2. The molecule has 2 rings (SSSR count). The van der Waals surface area contributed by atoms with Crippen LogP contribution in [0.4, 0.5) is 4.39 Å². The molecule has 24 heavy (non-hydrogen) atoms. The van der Waals surface area contributed by atoms with Gasteiger partial charge >= 0.3 is 11.1 Å². The average Bonchev–Trinajstić information content (AvgIpc) is 2.58. The summed E-state index contributed by atoms with van der Waals surface area (Å²) in [6, 6.07) is 4.14. The zero-order valence-corrected chi connectivity index (χ0v) is 14.1. The van der Waals surface area contributed by atoms with Crippen LogP contribution in [0.15, 0.2) is 40.2 Å². The monoisotopic (exact) mass is 334 g/mol. The van der Waals surface area contributed by atoms with E-state index in [-0.39, 0.29) is 5.75 Å². The number of hydrogen-bond donors (Lipinski definition) is 0. The minimum atomic E-state index is -0.685. The van der Waals surface area contributed by atoms with E-state index in [1.165, 1.54) is 42.5 Å². The summed E-state index contributed by atoms with van der Waals surface area (Å²) in [5, 5.41) is 0. The van der Waals surface area contributed by atoms with E-state index in [1.54, 1.807) is 6.20 Å². The van der Waals surface area contributed by atoms with E-state index in [4.69, 9.17) is 4.74 Å². The summed E-state index contributed by atoms with van der Waals surface area (Å²) in [5.41, 5.74) is -0.981. The number of benzene rings is 1. The van der Waals surface area contributed by atoms with Crippen LogP contribution >= 0.6 is 0 Å². The number of methoxy groups -OCH3 is 1. The molecule has 1 aromatic heterocycles. The van der Waals surface area contributed by atoms with Gasteiger partial charge in [-0.15, -0.1) is 0 Å². The van der Waals surface area contributed by atoms with E-state index >= 15 is 0 Å². The lowest BCUT2D eigenvalue weighted by molar-refractivity contribution is 0.386. The van der Waals surface area contributed by atoms with Crippen LogP contribution in [0.1, 0.15) is 39.0 Å². The van der Waals surface area contributed by atoms with Gasteiger partial charge in [0.15, 0.2) is 11.6 Å². The van der Waals surface area contributed by atoms with E-state index in [1.807, 2.05) is 0 Å². The van der Waals surface area contributed by atoms with Crippen molar-refractivity contribution in [2.24, 2.45) is 0 Å². The fourth-order valence-corrected chi connectivity index (χ4v) is 2.58. The van der Waals surface area contributed by atoms with E-state index in [0.29, 0.717) is 12.2 Å². The molecule has 5 nitrogen and oxygen atoms in total. The highest BCUT2D eigenvalue weighted by molar-refractivity contribution is 5.38. The number of hydrogen-bond acceptors (Lipinski definition) is 3. The molecule has 0 radical (unpaired) electrons. The number of aryl methyl sites for hydroxylation is 1. The molecule has 0 atom stereocenters. The molecule has 0 amide bonds. The van der Waals surface area contributed by atoms with Gasteiger partial charge in [0.1, 0.15) is 0 Å². The Labute approximate surface area is 140 Å². The van der Waals surface area contributed by atoms with E-state index in [0.717, 1.165) is 30.3 Å². The van der Waals surface area contributed by atoms with Gasteiger partial charge in [-0.1, -0.05) is 32.6 Å². The molecule has 0 bridgehead atoms. The maximum Gasteiger partial charge on any atom is 0.320 e. The lowest BCUT2D eigenvalue weighted by Crippen LogP contribution is -2.40. The number of rotatable bonds is 8. The summed E-state index contributed by atoms with van der Waals surface area (Å²) in [6.45, 7) is 2.67. The van der Waals surface area contributed by atoms with Crippen molar-refractivity contribution in [2.45, 2.75) is 45.6 Å². The second-order valence-corrected chi connectivity index (χ2v) is 5.70. The Bertz CT molecular complexity index is 796.